The lowest BCUT2D eigenvalue weighted by atomic mass is 10.1. The van der Waals surface area contributed by atoms with Gasteiger partial charge < -0.3 is 10.3 Å². The third-order valence-electron chi connectivity index (χ3n) is 3.01. The summed E-state index contributed by atoms with van der Waals surface area (Å²) in [4.78, 5) is 6.63. The second-order valence-electron chi connectivity index (χ2n) is 3.88. The molecule has 0 atom stereocenters. The average molecular weight is 230 g/mol. The van der Waals surface area contributed by atoms with Gasteiger partial charge in [0.25, 0.3) is 0 Å². The molecule has 0 aliphatic carbocycles. The number of hydrazine groups is 1. The first-order valence-corrected chi connectivity index (χ1v) is 5.90. The van der Waals surface area contributed by atoms with Crippen molar-refractivity contribution in [1.82, 2.24) is 4.98 Å². The maximum absolute atomic E-state index is 5.52. The SMILES string of the molecule is CCN(CC)c1ccc2nccc(NN)c2c1. The van der Waals surface area contributed by atoms with Crippen molar-refractivity contribution in [1.29, 1.82) is 0 Å². The van der Waals surface area contributed by atoms with Crippen LogP contribution in [-0.4, -0.2) is 18.1 Å². The Morgan fingerprint density at radius 1 is 1.24 bits per heavy atom. The number of rotatable bonds is 4. The van der Waals surface area contributed by atoms with Crippen molar-refractivity contribution in [2.45, 2.75) is 13.8 Å². The Labute approximate surface area is 101 Å². The Morgan fingerprint density at radius 2 is 2.00 bits per heavy atom. The van der Waals surface area contributed by atoms with Crippen LogP contribution >= 0.6 is 0 Å². The van der Waals surface area contributed by atoms with Gasteiger partial charge in [0.15, 0.2) is 0 Å². The van der Waals surface area contributed by atoms with Gasteiger partial charge in [0.05, 0.1) is 11.2 Å². The van der Waals surface area contributed by atoms with Crippen molar-refractivity contribution >= 4 is 22.3 Å². The monoisotopic (exact) mass is 230 g/mol. The van der Waals surface area contributed by atoms with Gasteiger partial charge in [-0.25, -0.2) is 0 Å². The Hall–Kier alpha value is -1.81. The summed E-state index contributed by atoms with van der Waals surface area (Å²) in [5.74, 6) is 5.52. The largest absolute Gasteiger partial charge is 0.372 e. The first-order chi connectivity index (χ1) is 8.30. The molecule has 0 unspecified atom stereocenters. The Balaban J connectivity index is 2.55. The number of pyridine rings is 1. The Kier molecular flexibility index (Phi) is 3.44. The number of nitrogens with two attached hydrogens (primary N) is 1. The van der Waals surface area contributed by atoms with Gasteiger partial charge in [0.2, 0.25) is 0 Å². The molecule has 0 amide bonds. The number of anilines is 2. The summed E-state index contributed by atoms with van der Waals surface area (Å²) in [6, 6.07) is 8.14. The number of benzene rings is 1. The van der Waals surface area contributed by atoms with Crippen LogP contribution < -0.4 is 16.2 Å². The minimum absolute atomic E-state index is 0.906. The van der Waals surface area contributed by atoms with Gasteiger partial charge in [-0.3, -0.25) is 10.8 Å². The highest BCUT2D eigenvalue weighted by Gasteiger charge is 2.05. The summed E-state index contributed by atoms with van der Waals surface area (Å²) in [6.45, 7) is 6.29. The van der Waals surface area contributed by atoms with E-state index in [0.717, 1.165) is 29.7 Å². The molecule has 17 heavy (non-hydrogen) atoms. The summed E-state index contributed by atoms with van der Waals surface area (Å²) in [6.07, 6.45) is 1.76. The molecule has 0 radical (unpaired) electrons. The summed E-state index contributed by atoms with van der Waals surface area (Å²) < 4.78 is 0. The van der Waals surface area contributed by atoms with Crippen LogP contribution in [0.15, 0.2) is 30.5 Å². The van der Waals surface area contributed by atoms with Crippen molar-refractivity contribution in [2.24, 2.45) is 5.84 Å². The highest BCUT2D eigenvalue weighted by molar-refractivity contribution is 5.93. The molecule has 2 rings (SSSR count). The molecule has 0 aliphatic heterocycles. The predicted molar refractivity (Wildman–Crippen MR) is 73.1 cm³/mol. The molecular weight excluding hydrogens is 212 g/mol. The normalized spacial score (nSPS) is 10.5. The molecule has 0 spiro atoms. The fraction of sp³-hybridized carbons (Fsp3) is 0.308. The topological polar surface area (TPSA) is 54.2 Å². The molecule has 0 saturated carbocycles. The minimum atomic E-state index is 0.906. The quantitative estimate of drug-likeness (QED) is 0.625. The van der Waals surface area contributed by atoms with E-state index in [1.807, 2.05) is 12.1 Å². The molecule has 4 nitrogen and oxygen atoms in total. The van der Waals surface area contributed by atoms with Gasteiger partial charge in [-0.15, -0.1) is 0 Å². The smallest absolute Gasteiger partial charge is 0.0724 e. The highest BCUT2D eigenvalue weighted by atomic mass is 15.2. The number of aromatic nitrogens is 1. The van der Waals surface area contributed by atoms with Crippen LogP contribution in [0.1, 0.15) is 13.8 Å². The zero-order chi connectivity index (χ0) is 12.3. The molecule has 1 aromatic heterocycles. The summed E-state index contributed by atoms with van der Waals surface area (Å²) in [7, 11) is 0. The first-order valence-electron chi connectivity index (χ1n) is 5.90. The molecule has 4 heteroatoms. The first kappa shape index (κ1) is 11.7. The maximum atomic E-state index is 5.52. The summed E-state index contributed by atoms with van der Waals surface area (Å²) >= 11 is 0. The van der Waals surface area contributed by atoms with E-state index >= 15 is 0 Å². The molecule has 2 aromatic rings. The molecule has 0 fully saturated rings. The van der Waals surface area contributed by atoms with Gasteiger partial charge >= 0.3 is 0 Å². The van der Waals surface area contributed by atoms with E-state index in [9.17, 15) is 0 Å². The molecule has 0 bridgehead atoms. The lowest BCUT2D eigenvalue weighted by Crippen LogP contribution is -2.21. The van der Waals surface area contributed by atoms with E-state index in [0.29, 0.717) is 0 Å². The van der Waals surface area contributed by atoms with Crippen molar-refractivity contribution in [2.75, 3.05) is 23.4 Å². The van der Waals surface area contributed by atoms with E-state index in [1.54, 1.807) is 6.20 Å². The van der Waals surface area contributed by atoms with E-state index < -0.39 is 0 Å². The third-order valence-corrected chi connectivity index (χ3v) is 3.01. The van der Waals surface area contributed by atoms with Crippen LogP contribution in [0.4, 0.5) is 11.4 Å². The number of nitrogens with zero attached hydrogens (tertiary/aromatic N) is 2. The lowest BCUT2D eigenvalue weighted by Gasteiger charge is -2.21. The summed E-state index contributed by atoms with van der Waals surface area (Å²) in [5.41, 5.74) is 5.78. The molecule has 90 valence electrons. The van der Waals surface area contributed by atoms with Gasteiger partial charge in [0, 0.05) is 30.4 Å². The van der Waals surface area contributed by atoms with Gasteiger partial charge in [-0.2, -0.15) is 0 Å². The van der Waals surface area contributed by atoms with Crippen molar-refractivity contribution in [3.05, 3.63) is 30.5 Å². The molecule has 0 saturated heterocycles. The zero-order valence-corrected chi connectivity index (χ0v) is 10.3. The van der Waals surface area contributed by atoms with Crippen molar-refractivity contribution in [3.8, 4) is 0 Å². The number of fused-ring (bicyclic) bond motifs is 1. The van der Waals surface area contributed by atoms with Crippen LogP contribution in [-0.2, 0) is 0 Å². The number of nitrogen functional groups attached to an aromatic ring is 1. The van der Waals surface area contributed by atoms with Gasteiger partial charge in [0.1, 0.15) is 0 Å². The van der Waals surface area contributed by atoms with Crippen LogP contribution in [0.3, 0.4) is 0 Å². The average Bonchev–Trinajstić information content (AvgIpc) is 2.39. The van der Waals surface area contributed by atoms with E-state index in [4.69, 9.17) is 5.84 Å². The fourth-order valence-electron chi connectivity index (χ4n) is 2.05. The predicted octanol–water partition coefficient (Wildman–Crippen LogP) is 2.37. The molecule has 1 heterocycles. The zero-order valence-electron chi connectivity index (χ0n) is 10.3. The van der Waals surface area contributed by atoms with E-state index in [2.05, 4.69) is 41.3 Å². The molecular formula is C13H18N4. The summed E-state index contributed by atoms with van der Waals surface area (Å²) in [5, 5.41) is 1.06. The van der Waals surface area contributed by atoms with Crippen LogP contribution in [0.5, 0.6) is 0 Å². The maximum Gasteiger partial charge on any atom is 0.0724 e. The number of hydrogen-bond donors (Lipinski definition) is 2. The fourth-order valence-corrected chi connectivity index (χ4v) is 2.05. The Morgan fingerprint density at radius 3 is 2.65 bits per heavy atom. The Bertz CT molecular complexity index is 506. The van der Waals surface area contributed by atoms with Crippen molar-refractivity contribution < 1.29 is 0 Å². The van der Waals surface area contributed by atoms with Crippen LogP contribution in [0.2, 0.25) is 0 Å². The van der Waals surface area contributed by atoms with Gasteiger partial charge in [-0.05, 0) is 38.1 Å². The van der Waals surface area contributed by atoms with E-state index in [1.165, 1.54) is 5.69 Å². The molecule has 0 aliphatic rings. The standard InChI is InChI=1S/C13H18N4/c1-3-17(4-2)10-5-6-12-11(9-10)13(16-14)7-8-15-12/h5-9H,3-4,14H2,1-2H3,(H,15,16). The molecule has 3 N–H and O–H groups in total. The highest BCUT2D eigenvalue weighted by Crippen LogP contribution is 2.26. The van der Waals surface area contributed by atoms with Gasteiger partial charge in [-0.1, -0.05) is 0 Å². The van der Waals surface area contributed by atoms with E-state index in [-0.39, 0.29) is 0 Å². The second kappa shape index (κ2) is 5.01. The van der Waals surface area contributed by atoms with Crippen molar-refractivity contribution in [3.63, 3.8) is 0 Å². The van der Waals surface area contributed by atoms with Crippen LogP contribution in [0.25, 0.3) is 10.9 Å². The minimum Gasteiger partial charge on any atom is -0.372 e. The lowest BCUT2D eigenvalue weighted by molar-refractivity contribution is 0.867. The third kappa shape index (κ3) is 2.17. The molecule has 1 aromatic carbocycles. The number of hydrogen-bond acceptors (Lipinski definition) is 4. The second-order valence-corrected chi connectivity index (χ2v) is 3.88. The number of nitrogens with one attached hydrogen (secondary N) is 1. The van der Waals surface area contributed by atoms with Crippen LogP contribution in [0, 0.1) is 0 Å².